The van der Waals surface area contributed by atoms with Gasteiger partial charge in [0, 0.05) is 37.3 Å². The van der Waals surface area contributed by atoms with Crippen LogP contribution in [0.1, 0.15) is 30.4 Å². The van der Waals surface area contributed by atoms with Gasteiger partial charge < -0.3 is 10.2 Å². The average molecular weight is 413 g/mol. The third-order valence-electron chi connectivity index (χ3n) is 5.33. The number of para-hydroxylation sites is 1. The minimum absolute atomic E-state index is 0.0354. The van der Waals surface area contributed by atoms with Crippen LogP contribution in [0.3, 0.4) is 0 Å². The first-order valence-corrected chi connectivity index (χ1v) is 11.2. The fraction of sp³-hybridized carbons (Fsp3) is 0.333. The lowest BCUT2D eigenvalue weighted by atomic mass is 10.1. The Labute approximate surface area is 170 Å². The molecule has 0 fully saturated rings. The number of aryl methyl sites for hydroxylation is 1. The van der Waals surface area contributed by atoms with Crippen molar-refractivity contribution >= 4 is 33.2 Å². The first-order valence-electron chi connectivity index (χ1n) is 9.75. The highest BCUT2D eigenvalue weighted by atomic mass is 32.2. The number of nitrogens with zero attached hydrogens (tertiary/aromatic N) is 1. The maximum Gasteiger partial charge on any atom is 0.240 e. The van der Waals surface area contributed by atoms with E-state index >= 15 is 0 Å². The lowest BCUT2D eigenvalue weighted by molar-refractivity contribution is -0.118. The van der Waals surface area contributed by atoms with Crippen LogP contribution >= 0.6 is 0 Å². The van der Waals surface area contributed by atoms with Crippen LogP contribution in [0.5, 0.6) is 0 Å². The van der Waals surface area contributed by atoms with Crippen LogP contribution in [0.25, 0.3) is 0 Å². The molecule has 8 heteroatoms. The molecule has 2 aliphatic heterocycles. The minimum Gasteiger partial charge on any atom is -0.326 e. The summed E-state index contributed by atoms with van der Waals surface area (Å²) in [7, 11) is -3.73. The van der Waals surface area contributed by atoms with E-state index in [1.165, 1.54) is 6.07 Å². The van der Waals surface area contributed by atoms with Crippen LogP contribution in [0.15, 0.2) is 47.4 Å². The van der Waals surface area contributed by atoms with Gasteiger partial charge in [-0.3, -0.25) is 9.59 Å². The van der Waals surface area contributed by atoms with E-state index in [4.69, 9.17) is 0 Å². The van der Waals surface area contributed by atoms with Gasteiger partial charge in [-0.2, -0.15) is 0 Å². The molecule has 29 heavy (non-hydrogen) atoms. The van der Waals surface area contributed by atoms with Gasteiger partial charge in [-0.1, -0.05) is 18.2 Å². The number of benzene rings is 2. The molecule has 0 aliphatic carbocycles. The van der Waals surface area contributed by atoms with Crippen molar-refractivity contribution in [1.29, 1.82) is 0 Å². The van der Waals surface area contributed by atoms with Crippen LogP contribution in [0.4, 0.5) is 11.4 Å². The van der Waals surface area contributed by atoms with E-state index in [0.717, 1.165) is 23.2 Å². The summed E-state index contributed by atoms with van der Waals surface area (Å²) in [6.07, 6.45) is 2.66. The van der Waals surface area contributed by atoms with Crippen molar-refractivity contribution < 1.29 is 18.0 Å². The van der Waals surface area contributed by atoms with Gasteiger partial charge >= 0.3 is 0 Å². The summed E-state index contributed by atoms with van der Waals surface area (Å²) in [5.41, 5.74) is 3.52. The molecule has 4 rings (SSSR count). The Morgan fingerprint density at radius 2 is 1.90 bits per heavy atom. The van der Waals surface area contributed by atoms with E-state index in [9.17, 15) is 18.0 Å². The van der Waals surface area contributed by atoms with E-state index in [0.29, 0.717) is 31.5 Å². The number of rotatable bonds is 5. The van der Waals surface area contributed by atoms with Gasteiger partial charge in [-0.25, -0.2) is 13.1 Å². The van der Waals surface area contributed by atoms with Crippen LogP contribution in [-0.2, 0) is 32.5 Å². The molecule has 152 valence electrons. The lowest BCUT2D eigenvalue weighted by Crippen LogP contribution is -2.33. The second kappa shape index (κ2) is 7.96. The summed E-state index contributed by atoms with van der Waals surface area (Å²) < 4.78 is 27.8. The molecular formula is C21H23N3O4S. The van der Waals surface area contributed by atoms with E-state index in [1.807, 2.05) is 24.3 Å². The SMILES string of the molecule is O=C1CCCc2cc(S(=O)(=O)NCCC(=O)N3CCc4ccccc43)ccc2N1. The van der Waals surface area contributed by atoms with Gasteiger partial charge in [0.25, 0.3) is 0 Å². The molecule has 0 unspecified atom stereocenters. The van der Waals surface area contributed by atoms with Crippen LogP contribution in [0.2, 0.25) is 0 Å². The van der Waals surface area contributed by atoms with Crippen LogP contribution in [-0.4, -0.2) is 33.3 Å². The van der Waals surface area contributed by atoms with E-state index in [1.54, 1.807) is 17.0 Å². The molecule has 2 aromatic rings. The lowest BCUT2D eigenvalue weighted by Gasteiger charge is -2.17. The van der Waals surface area contributed by atoms with Gasteiger partial charge in [0.05, 0.1) is 4.90 Å². The summed E-state index contributed by atoms with van der Waals surface area (Å²) in [6, 6.07) is 12.5. The zero-order valence-corrected chi connectivity index (χ0v) is 16.8. The van der Waals surface area contributed by atoms with Crippen molar-refractivity contribution in [2.24, 2.45) is 0 Å². The molecule has 2 heterocycles. The highest BCUT2D eigenvalue weighted by molar-refractivity contribution is 7.89. The van der Waals surface area contributed by atoms with Crippen molar-refractivity contribution in [3.05, 3.63) is 53.6 Å². The Bertz CT molecular complexity index is 1070. The Morgan fingerprint density at radius 1 is 1.07 bits per heavy atom. The molecule has 0 saturated carbocycles. The third-order valence-corrected chi connectivity index (χ3v) is 6.79. The standard InChI is InChI=1S/C21H23N3O4S/c25-20-7-3-5-16-14-17(8-9-18(16)23-20)29(27,28)22-12-10-21(26)24-13-11-15-4-1-2-6-19(15)24/h1-2,4,6,8-9,14,22H,3,5,7,10-13H2,(H,23,25). The average Bonchev–Trinajstić information content (AvgIpc) is 3.03. The third kappa shape index (κ3) is 4.18. The number of sulfonamides is 1. The predicted molar refractivity (Wildman–Crippen MR) is 110 cm³/mol. The minimum atomic E-state index is -3.73. The number of nitrogens with one attached hydrogen (secondary N) is 2. The molecular weight excluding hydrogens is 390 g/mol. The Balaban J connectivity index is 1.39. The molecule has 0 aromatic heterocycles. The smallest absolute Gasteiger partial charge is 0.240 e. The first-order chi connectivity index (χ1) is 13.9. The van der Waals surface area contributed by atoms with Crippen molar-refractivity contribution in [1.82, 2.24) is 4.72 Å². The topological polar surface area (TPSA) is 95.6 Å². The number of carbonyl (C=O) groups is 2. The molecule has 0 saturated heterocycles. The molecule has 0 spiro atoms. The zero-order valence-electron chi connectivity index (χ0n) is 16.0. The molecule has 7 nitrogen and oxygen atoms in total. The second-order valence-electron chi connectivity index (χ2n) is 7.29. The molecule has 0 radical (unpaired) electrons. The normalized spacial score (nSPS) is 16.0. The predicted octanol–water partition coefficient (Wildman–Crippen LogP) is 2.22. The molecule has 0 atom stereocenters. The Kier molecular flexibility index (Phi) is 5.38. The molecule has 2 aliphatic rings. The monoisotopic (exact) mass is 413 g/mol. The van der Waals surface area contributed by atoms with E-state index in [-0.39, 0.29) is 29.7 Å². The van der Waals surface area contributed by atoms with Crippen molar-refractivity contribution in [2.75, 3.05) is 23.3 Å². The van der Waals surface area contributed by atoms with Gasteiger partial charge in [-0.15, -0.1) is 0 Å². The Hall–Kier alpha value is -2.71. The summed E-state index contributed by atoms with van der Waals surface area (Å²) >= 11 is 0. The van der Waals surface area contributed by atoms with Crippen molar-refractivity contribution in [3.8, 4) is 0 Å². The Morgan fingerprint density at radius 3 is 2.76 bits per heavy atom. The number of anilines is 2. The summed E-state index contributed by atoms with van der Waals surface area (Å²) in [5, 5.41) is 2.79. The van der Waals surface area contributed by atoms with Gasteiger partial charge in [-0.05, 0) is 54.7 Å². The summed E-state index contributed by atoms with van der Waals surface area (Å²) in [4.78, 5) is 26.0. The zero-order chi connectivity index (χ0) is 20.4. The summed E-state index contributed by atoms with van der Waals surface area (Å²) in [5.74, 6) is -0.151. The maximum absolute atomic E-state index is 12.6. The summed E-state index contributed by atoms with van der Waals surface area (Å²) in [6.45, 7) is 0.662. The fourth-order valence-electron chi connectivity index (χ4n) is 3.83. The number of hydrogen-bond acceptors (Lipinski definition) is 4. The number of hydrogen-bond donors (Lipinski definition) is 2. The number of fused-ring (bicyclic) bond motifs is 2. The van der Waals surface area contributed by atoms with Gasteiger partial charge in [0.1, 0.15) is 0 Å². The molecule has 2 N–H and O–H groups in total. The van der Waals surface area contributed by atoms with E-state index < -0.39 is 10.0 Å². The number of carbonyl (C=O) groups excluding carboxylic acids is 2. The van der Waals surface area contributed by atoms with Crippen molar-refractivity contribution in [3.63, 3.8) is 0 Å². The largest absolute Gasteiger partial charge is 0.326 e. The molecule has 2 aromatic carbocycles. The quantitative estimate of drug-likeness (QED) is 0.786. The molecule has 0 bridgehead atoms. The highest BCUT2D eigenvalue weighted by Gasteiger charge is 2.24. The van der Waals surface area contributed by atoms with Gasteiger partial charge in [0.15, 0.2) is 0 Å². The van der Waals surface area contributed by atoms with E-state index in [2.05, 4.69) is 10.0 Å². The number of amides is 2. The second-order valence-corrected chi connectivity index (χ2v) is 9.06. The first kappa shape index (κ1) is 19.6. The molecule has 2 amide bonds. The van der Waals surface area contributed by atoms with Crippen LogP contribution < -0.4 is 14.9 Å². The van der Waals surface area contributed by atoms with Crippen molar-refractivity contribution in [2.45, 2.75) is 37.0 Å². The van der Waals surface area contributed by atoms with Gasteiger partial charge in [0.2, 0.25) is 21.8 Å². The maximum atomic E-state index is 12.6. The fourth-order valence-corrected chi connectivity index (χ4v) is 4.91. The van der Waals surface area contributed by atoms with Crippen LogP contribution in [0, 0.1) is 0 Å². The highest BCUT2D eigenvalue weighted by Crippen LogP contribution is 2.28.